The number of hydrogen-bond donors (Lipinski definition) is 1. The van der Waals surface area contributed by atoms with Gasteiger partial charge in [-0.25, -0.2) is 9.97 Å². The predicted octanol–water partition coefficient (Wildman–Crippen LogP) is 17.3. The van der Waals surface area contributed by atoms with Crippen molar-refractivity contribution in [3.8, 4) is 61.3 Å². The first-order valence-electron chi connectivity index (χ1n) is 24.5. The molecule has 0 radical (unpaired) electrons. The van der Waals surface area contributed by atoms with Crippen molar-refractivity contribution >= 4 is 45.4 Å². The summed E-state index contributed by atoms with van der Waals surface area (Å²) in [5.74, 6) is 0. The van der Waals surface area contributed by atoms with E-state index in [9.17, 15) is 0 Å². The number of aromatic nitrogens is 4. The molecule has 2 aliphatic heterocycles. The molecule has 8 aromatic carbocycles. The van der Waals surface area contributed by atoms with Gasteiger partial charge in [0.05, 0.1) is 39.3 Å². The van der Waals surface area contributed by atoms with Crippen LogP contribution in [-0.4, -0.2) is 19.5 Å². The fourth-order valence-electron chi connectivity index (χ4n) is 10.6. The van der Waals surface area contributed by atoms with Gasteiger partial charge in [-0.15, -0.1) is 0 Å². The molecule has 3 aromatic heterocycles. The summed E-state index contributed by atoms with van der Waals surface area (Å²) in [5.41, 5.74) is 23.2. The minimum atomic E-state index is 0. The van der Waals surface area contributed by atoms with E-state index >= 15 is 0 Å². The topological polar surface area (TPSA) is 46.5 Å². The van der Waals surface area contributed by atoms with Gasteiger partial charge in [0.15, 0.2) is 0 Å². The van der Waals surface area contributed by atoms with Crippen LogP contribution in [0, 0.1) is 0 Å². The van der Waals surface area contributed by atoms with E-state index in [4.69, 9.17) is 9.97 Å². The smallest absolute Gasteiger partial charge is 0.0822 e. The second-order valence-corrected chi connectivity index (χ2v) is 18.1. The van der Waals surface area contributed by atoms with Gasteiger partial charge in [-0.2, -0.15) is 0 Å². The molecule has 2 aliphatic rings. The summed E-state index contributed by atoms with van der Waals surface area (Å²) in [4.78, 5) is 15.6. The molecular formula is C68H46N4Pt. The normalized spacial score (nSPS) is 11.9. The van der Waals surface area contributed by atoms with Crippen LogP contribution in [0.3, 0.4) is 0 Å². The zero-order valence-electron chi connectivity index (χ0n) is 39.6. The van der Waals surface area contributed by atoms with Crippen molar-refractivity contribution in [1.82, 2.24) is 19.5 Å². The summed E-state index contributed by atoms with van der Waals surface area (Å²) in [6.07, 6.45) is 4.26. The van der Waals surface area contributed by atoms with E-state index in [0.29, 0.717) is 0 Å². The molecule has 1 N–H and O–H groups in total. The second kappa shape index (κ2) is 19.7. The van der Waals surface area contributed by atoms with Crippen molar-refractivity contribution in [3.05, 3.63) is 295 Å². The Bertz CT molecular complexity index is 4020. The molecule has 348 valence electrons. The predicted molar refractivity (Wildman–Crippen MR) is 300 cm³/mol. The standard InChI is InChI=1S/C68H46N4.Pt/c1-9-25-46(26-10-1)57-44-55-43-53-41-42-54(69-53)45-58-59(47-27-11-2-12-28-47)62(50-33-17-5-18-34-50)68(72(58)56-39-23-8-24-40-56)64(52-37-21-7-22-38-52)67-61(49-31-15-4-16-32-49)60(48-29-13-3-14-30-48)66(71-67)63(65(57)70-55)51-35-19-6-20-36-51;/h1-45,70H;. The third-order valence-corrected chi connectivity index (χ3v) is 13.7. The van der Waals surface area contributed by atoms with Crippen LogP contribution in [0.5, 0.6) is 0 Å². The van der Waals surface area contributed by atoms with Crippen LogP contribution < -0.4 is 0 Å². The Morgan fingerprint density at radius 3 is 1.21 bits per heavy atom. The first kappa shape index (κ1) is 45.2. The maximum Gasteiger partial charge on any atom is 0.0822 e. The molecule has 73 heavy (non-hydrogen) atoms. The largest absolute Gasteiger partial charge is 0.354 e. The molecule has 11 aromatic rings. The molecule has 5 heterocycles. The fourth-order valence-corrected chi connectivity index (χ4v) is 10.6. The minimum absolute atomic E-state index is 0. The molecule has 0 saturated carbocycles. The van der Waals surface area contributed by atoms with E-state index in [2.05, 4.69) is 283 Å². The van der Waals surface area contributed by atoms with Crippen LogP contribution in [0.4, 0.5) is 0 Å². The maximum atomic E-state index is 6.25. The first-order chi connectivity index (χ1) is 35.7. The number of benzene rings is 8. The Kier molecular flexibility index (Phi) is 12.2. The van der Waals surface area contributed by atoms with Crippen LogP contribution >= 0.6 is 0 Å². The zero-order valence-corrected chi connectivity index (χ0v) is 41.9. The Morgan fingerprint density at radius 2 is 0.712 bits per heavy atom. The van der Waals surface area contributed by atoms with Crippen molar-refractivity contribution in [1.29, 1.82) is 0 Å². The maximum absolute atomic E-state index is 6.25. The molecule has 4 nitrogen and oxygen atoms in total. The van der Waals surface area contributed by atoms with Crippen LogP contribution in [-0.2, 0) is 21.1 Å². The van der Waals surface area contributed by atoms with Gasteiger partial charge in [-0.1, -0.05) is 231 Å². The zero-order chi connectivity index (χ0) is 47.8. The van der Waals surface area contributed by atoms with E-state index in [1.165, 1.54) is 0 Å². The van der Waals surface area contributed by atoms with E-state index < -0.39 is 0 Å². The molecule has 5 heteroatoms. The average molecular weight is 1110 g/mol. The van der Waals surface area contributed by atoms with Crippen LogP contribution in [0.25, 0.3) is 107 Å². The van der Waals surface area contributed by atoms with Crippen LogP contribution in [0.2, 0.25) is 0 Å². The van der Waals surface area contributed by atoms with Gasteiger partial charge in [0, 0.05) is 71.2 Å². The van der Waals surface area contributed by atoms with Crippen molar-refractivity contribution < 1.29 is 21.1 Å². The summed E-state index contributed by atoms with van der Waals surface area (Å²) in [6.45, 7) is 0. The van der Waals surface area contributed by atoms with Crippen LogP contribution in [0.15, 0.2) is 261 Å². The van der Waals surface area contributed by atoms with Crippen molar-refractivity contribution in [2.45, 2.75) is 0 Å². The Morgan fingerprint density at radius 1 is 0.329 bits per heavy atom. The molecule has 8 bridgehead atoms. The Balaban J connectivity index is 0.00000543. The van der Waals surface area contributed by atoms with Gasteiger partial charge in [-0.05, 0) is 81.4 Å². The molecule has 0 saturated heterocycles. The Labute approximate surface area is 439 Å². The SMILES string of the molecule is C1=Cc2cc3c(-c4ccccc4)c(-c4ccccc4)c(c(-c4ccccc4)c4nc(c(-c5ccccc5)c5[nH]c(cc1n2)cc5-c1ccccc1)C(c1ccccc1)=C4c1ccccc1)n3-c1ccccc1.[Pt]. The summed E-state index contributed by atoms with van der Waals surface area (Å²) < 4.78 is 2.47. The summed E-state index contributed by atoms with van der Waals surface area (Å²) in [5, 5.41) is 0. The molecule has 0 fully saturated rings. The fraction of sp³-hybridized carbons (Fsp3) is 0. The third-order valence-electron chi connectivity index (χ3n) is 13.7. The molecule has 0 aliphatic carbocycles. The third kappa shape index (κ3) is 8.32. The van der Waals surface area contributed by atoms with E-state index in [-0.39, 0.29) is 21.1 Å². The van der Waals surface area contributed by atoms with Crippen molar-refractivity contribution in [3.63, 3.8) is 0 Å². The summed E-state index contributed by atoms with van der Waals surface area (Å²) >= 11 is 0. The van der Waals surface area contributed by atoms with E-state index in [0.717, 1.165) is 128 Å². The number of para-hydroxylation sites is 1. The van der Waals surface area contributed by atoms with Gasteiger partial charge in [0.2, 0.25) is 0 Å². The summed E-state index contributed by atoms with van der Waals surface area (Å²) in [7, 11) is 0. The first-order valence-corrected chi connectivity index (χ1v) is 24.5. The molecule has 0 amide bonds. The molecule has 13 rings (SSSR count). The van der Waals surface area contributed by atoms with Gasteiger partial charge in [-0.3, -0.25) is 0 Å². The molecule has 0 spiro atoms. The number of rotatable bonds is 8. The van der Waals surface area contributed by atoms with Gasteiger partial charge in [0.25, 0.3) is 0 Å². The van der Waals surface area contributed by atoms with Crippen molar-refractivity contribution in [2.75, 3.05) is 0 Å². The van der Waals surface area contributed by atoms with E-state index in [1.807, 2.05) is 0 Å². The second-order valence-electron chi connectivity index (χ2n) is 18.1. The van der Waals surface area contributed by atoms with Gasteiger partial charge >= 0.3 is 0 Å². The van der Waals surface area contributed by atoms with Gasteiger partial charge in [0.1, 0.15) is 0 Å². The molecule has 0 unspecified atom stereocenters. The molecular weight excluding hydrogens is 1070 g/mol. The minimum Gasteiger partial charge on any atom is -0.354 e. The van der Waals surface area contributed by atoms with E-state index in [1.54, 1.807) is 0 Å². The quantitative estimate of drug-likeness (QED) is 0.165. The number of hydrogen-bond acceptors (Lipinski definition) is 2. The number of aromatic amines is 1. The number of H-pyrrole nitrogens is 1. The van der Waals surface area contributed by atoms with Gasteiger partial charge < -0.3 is 9.55 Å². The van der Waals surface area contributed by atoms with Crippen LogP contribution in [0.1, 0.15) is 33.9 Å². The Hall–Kier alpha value is -8.95. The summed E-state index contributed by atoms with van der Waals surface area (Å²) in [6, 6.07) is 93.3. The average Bonchev–Trinajstić information content (AvgIpc) is 4.25. The molecule has 0 atom stereocenters. The number of nitrogens with zero attached hydrogens (tertiary/aromatic N) is 3. The monoisotopic (exact) mass is 1110 g/mol. The number of nitrogens with one attached hydrogen (secondary N) is 1. The van der Waals surface area contributed by atoms with Crippen molar-refractivity contribution in [2.24, 2.45) is 0 Å². The number of fused-ring (bicyclic) bond motifs is 8.